The van der Waals surface area contributed by atoms with Crippen molar-refractivity contribution in [3.8, 4) is 17.6 Å². The van der Waals surface area contributed by atoms with Crippen LogP contribution in [0.5, 0.6) is 11.5 Å². The van der Waals surface area contributed by atoms with Gasteiger partial charge < -0.3 is 9.47 Å². The summed E-state index contributed by atoms with van der Waals surface area (Å²) in [6, 6.07) is 7.17. The monoisotopic (exact) mass is 389 g/mol. The highest BCUT2D eigenvalue weighted by Crippen LogP contribution is 2.31. The Kier molecular flexibility index (Phi) is 5.42. The van der Waals surface area contributed by atoms with Crippen molar-refractivity contribution in [2.24, 2.45) is 5.10 Å². The molecule has 0 N–H and O–H groups in total. The topological polar surface area (TPSA) is 76.6 Å². The van der Waals surface area contributed by atoms with Gasteiger partial charge >= 0.3 is 0 Å². The van der Waals surface area contributed by atoms with E-state index in [1.54, 1.807) is 39.2 Å². The first-order valence-electron chi connectivity index (χ1n) is 7.02. The second kappa shape index (κ2) is 7.32. The third-order valence-corrected chi connectivity index (χ3v) is 4.11. The molecule has 0 saturated heterocycles. The van der Waals surface area contributed by atoms with Gasteiger partial charge in [0.1, 0.15) is 23.1 Å². The number of pyridine rings is 1. The molecule has 7 heteroatoms. The Hall–Kier alpha value is -2.59. The van der Waals surface area contributed by atoms with E-state index in [0.717, 1.165) is 4.47 Å². The summed E-state index contributed by atoms with van der Waals surface area (Å²) in [5.41, 5.74) is 1.57. The van der Waals surface area contributed by atoms with Gasteiger partial charge in [0.15, 0.2) is 0 Å². The molecule has 1 heterocycles. The highest BCUT2D eigenvalue weighted by atomic mass is 79.9. The lowest BCUT2D eigenvalue weighted by Gasteiger charge is -2.10. The molecular weight excluding hydrogens is 374 g/mol. The van der Waals surface area contributed by atoms with Crippen LogP contribution in [0, 0.1) is 25.2 Å². The average molecular weight is 390 g/mol. The maximum atomic E-state index is 12.4. The smallest absolute Gasteiger partial charge is 0.289 e. The first-order valence-corrected chi connectivity index (χ1v) is 7.81. The number of aromatic nitrogens is 1. The van der Waals surface area contributed by atoms with Crippen LogP contribution in [0.4, 0.5) is 0 Å². The van der Waals surface area contributed by atoms with Gasteiger partial charge in [-0.1, -0.05) is 0 Å². The fourth-order valence-electron chi connectivity index (χ4n) is 2.27. The predicted octanol–water partition coefficient (Wildman–Crippen LogP) is 3.00. The Labute approximate surface area is 148 Å². The summed E-state index contributed by atoms with van der Waals surface area (Å²) in [5, 5.41) is 13.3. The Morgan fingerprint density at radius 1 is 1.21 bits per heavy atom. The minimum Gasteiger partial charge on any atom is -0.496 e. The van der Waals surface area contributed by atoms with E-state index in [4.69, 9.17) is 14.7 Å². The molecule has 0 amide bonds. The molecule has 124 valence electrons. The largest absolute Gasteiger partial charge is 0.496 e. The van der Waals surface area contributed by atoms with Gasteiger partial charge in [-0.25, -0.2) is 4.68 Å². The molecule has 6 nitrogen and oxygen atoms in total. The van der Waals surface area contributed by atoms with E-state index in [1.165, 1.54) is 18.0 Å². The minimum atomic E-state index is -0.446. The van der Waals surface area contributed by atoms with Crippen LogP contribution in [-0.2, 0) is 0 Å². The number of nitriles is 1. The van der Waals surface area contributed by atoms with E-state index in [2.05, 4.69) is 21.0 Å². The highest BCUT2D eigenvalue weighted by molar-refractivity contribution is 9.10. The Morgan fingerprint density at radius 3 is 2.46 bits per heavy atom. The van der Waals surface area contributed by atoms with Crippen LogP contribution in [0.15, 0.2) is 32.6 Å². The molecule has 0 aliphatic rings. The molecule has 0 aliphatic heterocycles. The van der Waals surface area contributed by atoms with Crippen molar-refractivity contribution < 1.29 is 9.47 Å². The predicted molar refractivity (Wildman–Crippen MR) is 95.1 cm³/mol. The van der Waals surface area contributed by atoms with Gasteiger partial charge in [0.05, 0.1) is 24.9 Å². The molecule has 0 unspecified atom stereocenters. The van der Waals surface area contributed by atoms with Crippen LogP contribution in [0.3, 0.4) is 0 Å². The van der Waals surface area contributed by atoms with E-state index < -0.39 is 5.56 Å². The summed E-state index contributed by atoms with van der Waals surface area (Å²) in [7, 11) is 3.10. The van der Waals surface area contributed by atoms with Crippen LogP contribution in [0.2, 0.25) is 0 Å². The number of hydrogen-bond donors (Lipinski definition) is 0. The number of benzene rings is 1. The first kappa shape index (κ1) is 17.8. The lowest BCUT2D eigenvalue weighted by molar-refractivity contribution is 0.392. The van der Waals surface area contributed by atoms with Crippen LogP contribution >= 0.6 is 15.9 Å². The average Bonchev–Trinajstić information content (AvgIpc) is 2.54. The lowest BCUT2D eigenvalue weighted by Crippen LogP contribution is -2.22. The maximum Gasteiger partial charge on any atom is 0.289 e. The van der Waals surface area contributed by atoms with E-state index in [9.17, 15) is 4.79 Å². The number of methoxy groups -OCH3 is 2. The number of nitrogens with zero attached hydrogens (tertiary/aromatic N) is 3. The zero-order valence-corrected chi connectivity index (χ0v) is 15.3. The quantitative estimate of drug-likeness (QED) is 0.753. The fraction of sp³-hybridized carbons (Fsp3) is 0.235. The van der Waals surface area contributed by atoms with Gasteiger partial charge in [0.25, 0.3) is 5.56 Å². The standard InChI is InChI=1S/C17H16BrN3O3/c1-10-5-11(2)21(17(22)13(10)8-19)20-9-12-6-14(18)16(24-4)7-15(12)23-3/h5-7,9H,1-4H3/b20-9+. The van der Waals surface area contributed by atoms with Crippen molar-refractivity contribution in [3.05, 3.63) is 55.4 Å². The molecule has 0 aliphatic carbocycles. The van der Waals surface area contributed by atoms with E-state index in [0.29, 0.717) is 28.3 Å². The Bertz CT molecular complexity index is 911. The number of rotatable bonds is 4. The van der Waals surface area contributed by atoms with Gasteiger partial charge in [0.2, 0.25) is 0 Å². The lowest BCUT2D eigenvalue weighted by atomic mass is 10.1. The van der Waals surface area contributed by atoms with Crippen LogP contribution in [-0.4, -0.2) is 25.1 Å². The van der Waals surface area contributed by atoms with Crippen LogP contribution in [0.25, 0.3) is 0 Å². The molecule has 1 aromatic heterocycles. The summed E-state index contributed by atoms with van der Waals surface area (Å²) in [4.78, 5) is 12.4. The van der Waals surface area contributed by atoms with Crippen molar-refractivity contribution in [3.63, 3.8) is 0 Å². The van der Waals surface area contributed by atoms with E-state index >= 15 is 0 Å². The molecule has 0 atom stereocenters. The van der Waals surface area contributed by atoms with Gasteiger partial charge in [-0.05, 0) is 47.5 Å². The molecule has 0 saturated carbocycles. The normalized spacial score (nSPS) is 10.7. The van der Waals surface area contributed by atoms with Crippen molar-refractivity contribution in [2.75, 3.05) is 14.2 Å². The molecule has 0 radical (unpaired) electrons. The molecule has 0 bridgehead atoms. The first-order chi connectivity index (χ1) is 11.4. The second-order valence-corrected chi connectivity index (χ2v) is 5.90. The molecule has 0 fully saturated rings. The van der Waals surface area contributed by atoms with Gasteiger partial charge in [-0.15, -0.1) is 0 Å². The maximum absolute atomic E-state index is 12.4. The zero-order valence-electron chi connectivity index (χ0n) is 13.8. The summed E-state index contributed by atoms with van der Waals surface area (Å²) in [6.07, 6.45) is 1.51. The third kappa shape index (κ3) is 3.34. The van der Waals surface area contributed by atoms with Gasteiger partial charge in [-0.2, -0.15) is 10.4 Å². The minimum absolute atomic E-state index is 0.0839. The SMILES string of the molecule is COc1cc(OC)c(/C=N/n2c(C)cc(C)c(C#N)c2=O)cc1Br. The van der Waals surface area contributed by atoms with Gasteiger partial charge in [-0.3, -0.25) is 4.79 Å². The zero-order chi connectivity index (χ0) is 17.9. The van der Waals surface area contributed by atoms with Crippen molar-refractivity contribution in [1.29, 1.82) is 5.26 Å². The number of ether oxygens (including phenoxy) is 2. The summed E-state index contributed by atoms with van der Waals surface area (Å²) < 4.78 is 12.5. The van der Waals surface area contributed by atoms with Crippen LogP contribution in [0.1, 0.15) is 22.4 Å². The second-order valence-electron chi connectivity index (χ2n) is 5.05. The molecule has 0 spiro atoms. The summed E-state index contributed by atoms with van der Waals surface area (Å²) >= 11 is 3.40. The molecule has 2 aromatic rings. The van der Waals surface area contributed by atoms with E-state index in [-0.39, 0.29) is 5.56 Å². The number of halogens is 1. The summed E-state index contributed by atoms with van der Waals surface area (Å²) in [5.74, 6) is 1.18. The van der Waals surface area contributed by atoms with Gasteiger partial charge in [0, 0.05) is 17.3 Å². The molecular formula is C17H16BrN3O3. The Balaban J connectivity index is 2.56. The van der Waals surface area contributed by atoms with Crippen molar-refractivity contribution >= 4 is 22.1 Å². The number of hydrogen-bond acceptors (Lipinski definition) is 5. The Morgan fingerprint density at radius 2 is 1.88 bits per heavy atom. The highest BCUT2D eigenvalue weighted by Gasteiger charge is 2.11. The van der Waals surface area contributed by atoms with E-state index in [1.807, 2.05) is 6.07 Å². The summed E-state index contributed by atoms with van der Waals surface area (Å²) in [6.45, 7) is 3.48. The van der Waals surface area contributed by atoms with Crippen molar-refractivity contribution in [1.82, 2.24) is 4.68 Å². The molecule has 24 heavy (non-hydrogen) atoms. The third-order valence-electron chi connectivity index (χ3n) is 3.49. The molecule has 1 aromatic carbocycles. The fourth-order valence-corrected chi connectivity index (χ4v) is 2.79. The van der Waals surface area contributed by atoms with Crippen LogP contribution < -0.4 is 15.0 Å². The molecule has 2 rings (SSSR count). The number of aryl methyl sites for hydroxylation is 2. The van der Waals surface area contributed by atoms with Crippen molar-refractivity contribution in [2.45, 2.75) is 13.8 Å².